The number of fused-ring (bicyclic) bond motifs is 1. The number of rotatable bonds is 11. The summed E-state index contributed by atoms with van der Waals surface area (Å²) in [5.41, 5.74) is 6.26. The molecule has 1 aliphatic heterocycles. The van der Waals surface area contributed by atoms with Crippen LogP contribution in [0.1, 0.15) is 56.1 Å². The van der Waals surface area contributed by atoms with E-state index in [9.17, 15) is 29.1 Å². The molecular weight excluding hydrogens is 580 g/mol. The molecule has 0 spiro atoms. The SMILES string of the molecule is CC(C)(C)OC(=O)[C@@H]1CCCN1C(=O)[C@@H](O)[C@H](Cc1ccccc1)NC(=O)[C@H](CC(N)=O)NC(=O)c1cnc2ccccc2n1. The first kappa shape index (κ1) is 33.0. The highest BCUT2D eigenvalue weighted by molar-refractivity contribution is 5.98. The molecule has 1 aromatic heterocycles. The zero-order valence-corrected chi connectivity index (χ0v) is 25.4. The van der Waals surface area contributed by atoms with Gasteiger partial charge in [0.1, 0.15) is 23.4 Å². The number of para-hydroxylation sites is 2. The van der Waals surface area contributed by atoms with Crippen molar-refractivity contribution in [3.8, 4) is 0 Å². The zero-order valence-electron chi connectivity index (χ0n) is 25.4. The number of hydrogen-bond donors (Lipinski definition) is 4. The lowest BCUT2D eigenvalue weighted by Gasteiger charge is -2.32. The summed E-state index contributed by atoms with van der Waals surface area (Å²) in [6.45, 7) is 5.39. The van der Waals surface area contributed by atoms with Crippen LogP contribution in [0.15, 0.2) is 60.8 Å². The fourth-order valence-electron chi connectivity index (χ4n) is 5.09. The van der Waals surface area contributed by atoms with Crippen molar-refractivity contribution in [3.05, 3.63) is 72.1 Å². The van der Waals surface area contributed by atoms with Crippen LogP contribution < -0.4 is 16.4 Å². The Morgan fingerprint density at radius 1 is 1.02 bits per heavy atom. The number of amides is 4. The number of carbonyl (C=O) groups is 5. The summed E-state index contributed by atoms with van der Waals surface area (Å²) in [6, 6.07) is 12.2. The maximum atomic E-state index is 13.6. The standard InChI is InChI=1S/C32H38N6O7/c1-32(2,3)45-31(44)25-14-9-15-38(25)30(43)27(40)22(16-19-10-5-4-6-11-19)36-28(41)23(17-26(33)39)37-29(42)24-18-34-20-12-7-8-13-21(20)35-24/h4-8,10-13,18,22-23,25,27,40H,9,14-17H2,1-3H3,(H2,33,39)(H,36,41)(H,37,42)/t22-,23-,25-,27-/m0/s1. The monoisotopic (exact) mass is 618 g/mol. The van der Waals surface area contributed by atoms with Crippen LogP contribution in [0.4, 0.5) is 0 Å². The molecule has 45 heavy (non-hydrogen) atoms. The molecule has 5 N–H and O–H groups in total. The summed E-state index contributed by atoms with van der Waals surface area (Å²) in [6.07, 6.45) is -0.163. The number of aliphatic hydroxyl groups is 1. The normalized spacial score (nSPS) is 16.8. The third-order valence-corrected chi connectivity index (χ3v) is 7.18. The maximum Gasteiger partial charge on any atom is 0.329 e. The average Bonchev–Trinajstić information content (AvgIpc) is 3.49. The molecule has 1 saturated heterocycles. The van der Waals surface area contributed by atoms with Crippen LogP contribution in [0, 0.1) is 0 Å². The average molecular weight is 619 g/mol. The summed E-state index contributed by atoms with van der Waals surface area (Å²) in [4.78, 5) is 74.8. The van der Waals surface area contributed by atoms with E-state index >= 15 is 0 Å². The number of ether oxygens (including phenoxy) is 1. The number of hydrogen-bond acceptors (Lipinski definition) is 9. The van der Waals surface area contributed by atoms with Crippen LogP contribution in [0.3, 0.4) is 0 Å². The van der Waals surface area contributed by atoms with Crippen molar-refractivity contribution in [3.63, 3.8) is 0 Å². The van der Waals surface area contributed by atoms with Crippen LogP contribution in [0.25, 0.3) is 11.0 Å². The largest absolute Gasteiger partial charge is 0.458 e. The minimum absolute atomic E-state index is 0.0256. The van der Waals surface area contributed by atoms with E-state index in [0.717, 1.165) is 0 Å². The summed E-state index contributed by atoms with van der Waals surface area (Å²) in [7, 11) is 0. The van der Waals surface area contributed by atoms with E-state index in [-0.39, 0.29) is 18.7 Å². The summed E-state index contributed by atoms with van der Waals surface area (Å²) < 4.78 is 5.49. The van der Waals surface area contributed by atoms with Gasteiger partial charge in [-0.25, -0.2) is 9.78 Å². The molecule has 0 aliphatic carbocycles. The third-order valence-electron chi connectivity index (χ3n) is 7.18. The van der Waals surface area contributed by atoms with Crippen LogP contribution in [-0.4, -0.2) is 85.9 Å². The van der Waals surface area contributed by atoms with Crippen molar-refractivity contribution < 1.29 is 33.8 Å². The molecule has 0 saturated carbocycles. The van der Waals surface area contributed by atoms with Crippen molar-refractivity contribution >= 4 is 40.6 Å². The fraction of sp³-hybridized carbons (Fsp3) is 0.406. The van der Waals surface area contributed by atoms with E-state index in [4.69, 9.17) is 10.5 Å². The van der Waals surface area contributed by atoms with E-state index in [2.05, 4.69) is 20.6 Å². The first-order chi connectivity index (χ1) is 21.3. The number of likely N-dealkylation sites (tertiary alicyclic amines) is 1. The summed E-state index contributed by atoms with van der Waals surface area (Å²) in [5, 5.41) is 16.5. The van der Waals surface area contributed by atoms with E-state index in [1.165, 1.54) is 11.1 Å². The van der Waals surface area contributed by atoms with Crippen molar-refractivity contribution in [2.75, 3.05) is 6.54 Å². The molecule has 0 bridgehead atoms. The van der Waals surface area contributed by atoms with Gasteiger partial charge in [-0.2, -0.15) is 0 Å². The van der Waals surface area contributed by atoms with E-state index in [0.29, 0.717) is 29.4 Å². The first-order valence-corrected chi connectivity index (χ1v) is 14.7. The maximum absolute atomic E-state index is 13.6. The molecule has 2 heterocycles. The molecule has 13 nitrogen and oxygen atoms in total. The molecule has 13 heteroatoms. The molecule has 0 radical (unpaired) electrons. The minimum atomic E-state index is -1.77. The second-order valence-corrected chi connectivity index (χ2v) is 11.9. The number of nitrogens with two attached hydrogens (primary N) is 1. The molecule has 3 aromatic rings. The number of aliphatic hydroxyl groups excluding tert-OH is 1. The van der Waals surface area contributed by atoms with Crippen LogP contribution >= 0.6 is 0 Å². The summed E-state index contributed by atoms with van der Waals surface area (Å²) in [5.74, 6) is -3.83. The van der Waals surface area contributed by atoms with Crippen molar-refractivity contribution in [2.24, 2.45) is 5.73 Å². The van der Waals surface area contributed by atoms with Crippen molar-refractivity contribution in [1.29, 1.82) is 0 Å². The quantitative estimate of drug-likeness (QED) is 0.227. The predicted molar refractivity (Wildman–Crippen MR) is 163 cm³/mol. The van der Waals surface area contributed by atoms with Crippen molar-refractivity contribution in [2.45, 2.75) is 76.3 Å². The van der Waals surface area contributed by atoms with Gasteiger partial charge in [-0.1, -0.05) is 42.5 Å². The highest BCUT2D eigenvalue weighted by Crippen LogP contribution is 2.23. The molecule has 4 atom stereocenters. The van der Waals surface area contributed by atoms with E-state index < -0.39 is 65.8 Å². The van der Waals surface area contributed by atoms with Crippen molar-refractivity contribution in [1.82, 2.24) is 25.5 Å². The fourth-order valence-corrected chi connectivity index (χ4v) is 5.09. The molecule has 4 rings (SSSR count). The predicted octanol–water partition coefficient (Wildman–Crippen LogP) is 1.02. The molecule has 4 amide bonds. The molecule has 1 aliphatic rings. The first-order valence-electron chi connectivity index (χ1n) is 14.7. The second-order valence-electron chi connectivity index (χ2n) is 11.9. The number of nitrogens with zero attached hydrogens (tertiary/aromatic N) is 3. The number of benzene rings is 2. The van der Waals surface area contributed by atoms with Gasteiger partial charge in [0.05, 0.1) is 29.7 Å². The molecule has 238 valence electrons. The Kier molecular flexibility index (Phi) is 10.4. The Morgan fingerprint density at radius 2 is 1.69 bits per heavy atom. The number of esters is 1. The van der Waals surface area contributed by atoms with Gasteiger partial charge >= 0.3 is 5.97 Å². The van der Waals surface area contributed by atoms with Gasteiger partial charge in [0, 0.05) is 6.54 Å². The smallest absolute Gasteiger partial charge is 0.329 e. The Labute approximate surface area is 260 Å². The van der Waals surface area contributed by atoms with Crippen LogP contribution in [-0.2, 0) is 30.3 Å². The number of primary amides is 1. The van der Waals surface area contributed by atoms with Gasteiger partial charge in [0.2, 0.25) is 11.8 Å². The Balaban J connectivity index is 1.55. The highest BCUT2D eigenvalue weighted by Gasteiger charge is 2.41. The van der Waals surface area contributed by atoms with Gasteiger partial charge in [-0.3, -0.25) is 24.2 Å². The molecular formula is C32H38N6O7. The van der Waals surface area contributed by atoms with Crippen LogP contribution in [0.2, 0.25) is 0 Å². The molecule has 1 fully saturated rings. The van der Waals surface area contributed by atoms with Gasteiger partial charge in [-0.05, 0) is 57.7 Å². The van der Waals surface area contributed by atoms with Gasteiger partial charge in [-0.15, -0.1) is 0 Å². The third kappa shape index (κ3) is 8.82. The minimum Gasteiger partial charge on any atom is -0.458 e. The van der Waals surface area contributed by atoms with Crippen LogP contribution in [0.5, 0.6) is 0 Å². The Morgan fingerprint density at radius 3 is 2.36 bits per heavy atom. The lowest BCUT2D eigenvalue weighted by molar-refractivity contribution is -0.165. The lowest BCUT2D eigenvalue weighted by atomic mass is 9.99. The zero-order chi connectivity index (χ0) is 32.7. The highest BCUT2D eigenvalue weighted by atomic mass is 16.6. The number of nitrogens with one attached hydrogen (secondary N) is 2. The number of aromatic nitrogens is 2. The van der Waals surface area contributed by atoms with Gasteiger partial charge in [0.25, 0.3) is 11.8 Å². The second kappa shape index (κ2) is 14.2. The Hall–Kier alpha value is -4.91. The topological polar surface area (TPSA) is 194 Å². The molecule has 0 unspecified atom stereocenters. The summed E-state index contributed by atoms with van der Waals surface area (Å²) >= 11 is 0. The Bertz CT molecular complexity index is 1560. The van der Waals surface area contributed by atoms with E-state index in [1.807, 2.05) is 0 Å². The van der Waals surface area contributed by atoms with Gasteiger partial charge < -0.3 is 31.1 Å². The number of carbonyl (C=O) groups excluding carboxylic acids is 5. The molecule has 2 aromatic carbocycles. The van der Waals surface area contributed by atoms with E-state index in [1.54, 1.807) is 75.4 Å². The van der Waals surface area contributed by atoms with Gasteiger partial charge in [0.15, 0.2) is 6.10 Å². The lowest BCUT2D eigenvalue weighted by Crippen LogP contribution is -2.58.